The SMILES string of the molecule is CCn1nnc(-c2ccc(C3C(=O)NC(=O)N3c3ccc4nc[nH]c4c3)cc2)n1. The molecule has 0 saturated carbocycles. The smallest absolute Gasteiger partial charge is 0.329 e. The number of carbonyl (C=O) groups excluding carboxylic acids is 2. The van der Waals surface area contributed by atoms with Crippen molar-refractivity contribution in [2.75, 3.05) is 4.90 Å². The van der Waals surface area contributed by atoms with E-state index in [1.54, 1.807) is 36.7 Å². The molecule has 3 heterocycles. The molecule has 144 valence electrons. The number of hydrogen-bond acceptors (Lipinski definition) is 6. The number of nitrogens with one attached hydrogen (secondary N) is 2. The Morgan fingerprint density at radius 3 is 2.69 bits per heavy atom. The highest BCUT2D eigenvalue weighted by Crippen LogP contribution is 2.33. The van der Waals surface area contributed by atoms with Gasteiger partial charge in [-0.3, -0.25) is 15.0 Å². The number of anilines is 1. The third kappa shape index (κ3) is 2.81. The molecule has 1 aliphatic heterocycles. The molecule has 1 saturated heterocycles. The van der Waals surface area contributed by atoms with Gasteiger partial charge in [-0.05, 0) is 35.9 Å². The Kier molecular flexibility index (Phi) is 3.83. The predicted octanol–water partition coefficient (Wildman–Crippen LogP) is 2.03. The van der Waals surface area contributed by atoms with Gasteiger partial charge in [0.25, 0.3) is 5.91 Å². The molecule has 0 aliphatic carbocycles. The number of amides is 3. The lowest BCUT2D eigenvalue weighted by Crippen LogP contribution is -2.29. The van der Waals surface area contributed by atoms with Crippen LogP contribution in [0.25, 0.3) is 22.4 Å². The van der Waals surface area contributed by atoms with Gasteiger partial charge in [-0.15, -0.1) is 10.2 Å². The van der Waals surface area contributed by atoms with E-state index in [1.807, 2.05) is 19.1 Å². The Morgan fingerprint density at radius 2 is 1.93 bits per heavy atom. The Bertz CT molecular complexity index is 1230. The molecule has 0 spiro atoms. The van der Waals surface area contributed by atoms with Crippen LogP contribution in [0.5, 0.6) is 0 Å². The van der Waals surface area contributed by atoms with E-state index in [1.165, 1.54) is 9.70 Å². The molecular weight excluding hydrogens is 372 g/mol. The summed E-state index contributed by atoms with van der Waals surface area (Å²) in [6, 6.07) is 11.4. The van der Waals surface area contributed by atoms with Gasteiger partial charge in [-0.1, -0.05) is 24.3 Å². The maximum absolute atomic E-state index is 12.5. The lowest BCUT2D eigenvalue weighted by atomic mass is 10.0. The van der Waals surface area contributed by atoms with E-state index in [0.717, 1.165) is 16.6 Å². The maximum atomic E-state index is 12.5. The highest BCUT2D eigenvalue weighted by Gasteiger charge is 2.40. The molecule has 3 amide bonds. The van der Waals surface area contributed by atoms with E-state index < -0.39 is 12.1 Å². The number of imidazole rings is 1. The number of carbonyl (C=O) groups is 2. The Labute approximate surface area is 164 Å². The average Bonchev–Trinajstić information content (AvgIpc) is 3.45. The van der Waals surface area contributed by atoms with Crippen LogP contribution in [0.4, 0.5) is 10.5 Å². The summed E-state index contributed by atoms with van der Waals surface area (Å²) >= 11 is 0. The van der Waals surface area contributed by atoms with Crippen molar-refractivity contribution >= 4 is 28.7 Å². The van der Waals surface area contributed by atoms with Crippen LogP contribution >= 0.6 is 0 Å². The zero-order valence-corrected chi connectivity index (χ0v) is 15.4. The summed E-state index contributed by atoms with van der Waals surface area (Å²) in [5.41, 5.74) is 3.64. The van der Waals surface area contributed by atoms with E-state index in [2.05, 4.69) is 30.7 Å². The third-order valence-electron chi connectivity index (χ3n) is 4.86. The lowest BCUT2D eigenvalue weighted by Gasteiger charge is -2.22. The first-order valence-corrected chi connectivity index (χ1v) is 9.09. The summed E-state index contributed by atoms with van der Waals surface area (Å²) in [6.45, 7) is 2.56. The van der Waals surface area contributed by atoms with Crippen molar-refractivity contribution in [1.29, 1.82) is 0 Å². The minimum absolute atomic E-state index is 0.373. The normalized spacial score (nSPS) is 16.6. The predicted molar refractivity (Wildman–Crippen MR) is 104 cm³/mol. The van der Waals surface area contributed by atoms with Crippen LogP contribution in [0.2, 0.25) is 0 Å². The van der Waals surface area contributed by atoms with Crippen molar-refractivity contribution in [3.63, 3.8) is 0 Å². The number of H-pyrrole nitrogens is 1. The number of rotatable bonds is 4. The van der Waals surface area contributed by atoms with Crippen LogP contribution in [0.1, 0.15) is 18.5 Å². The quantitative estimate of drug-likeness (QED) is 0.516. The van der Waals surface area contributed by atoms with Crippen molar-refractivity contribution in [1.82, 2.24) is 35.5 Å². The fourth-order valence-electron chi connectivity index (χ4n) is 3.42. The molecule has 2 aromatic carbocycles. The van der Waals surface area contributed by atoms with E-state index in [9.17, 15) is 9.59 Å². The molecule has 10 heteroatoms. The van der Waals surface area contributed by atoms with Gasteiger partial charge in [-0.25, -0.2) is 9.78 Å². The number of aromatic nitrogens is 6. The fraction of sp³-hybridized carbons (Fsp3) is 0.158. The first-order chi connectivity index (χ1) is 14.1. The van der Waals surface area contributed by atoms with E-state index >= 15 is 0 Å². The van der Waals surface area contributed by atoms with Gasteiger partial charge in [-0.2, -0.15) is 4.80 Å². The van der Waals surface area contributed by atoms with Gasteiger partial charge in [0.1, 0.15) is 6.04 Å². The van der Waals surface area contributed by atoms with Gasteiger partial charge in [0.2, 0.25) is 5.82 Å². The number of fused-ring (bicyclic) bond motifs is 1. The first kappa shape index (κ1) is 17.0. The second-order valence-electron chi connectivity index (χ2n) is 6.59. The molecule has 5 rings (SSSR count). The number of imide groups is 1. The molecule has 0 radical (unpaired) electrons. The van der Waals surface area contributed by atoms with Gasteiger partial charge >= 0.3 is 6.03 Å². The number of aromatic amines is 1. The van der Waals surface area contributed by atoms with E-state index in [0.29, 0.717) is 23.6 Å². The van der Waals surface area contributed by atoms with Crippen molar-refractivity contribution in [3.05, 3.63) is 54.4 Å². The zero-order valence-electron chi connectivity index (χ0n) is 15.4. The van der Waals surface area contributed by atoms with Crippen LogP contribution < -0.4 is 10.2 Å². The van der Waals surface area contributed by atoms with Crippen molar-refractivity contribution in [2.45, 2.75) is 19.5 Å². The summed E-state index contributed by atoms with van der Waals surface area (Å²) in [7, 11) is 0. The standard InChI is InChI=1S/C19H16N8O2/c1-2-26-24-17(23-25-26)12-5-3-11(4-6-12)16-18(28)22-19(29)27(16)13-7-8-14-15(9-13)21-10-20-14/h3-10,16H,2H2,1H3,(H,20,21)(H,22,28,29). The summed E-state index contributed by atoms with van der Waals surface area (Å²) < 4.78 is 0. The van der Waals surface area contributed by atoms with Gasteiger partial charge in [0, 0.05) is 11.3 Å². The highest BCUT2D eigenvalue weighted by atomic mass is 16.2. The van der Waals surface area contributed by atoms with Gasteiger partial charge in [0.05, 0.1) is 23.9 Å². The van der Waals surface area contributed by atoms with E-state index in [-0.39, 0.29) is 5.91 Å². The van der Waals surface area contributed by atoms with E-state index in [4.69, 9.17) is 0 Å². The third-order valence-corrected chi connectivity index (χ3v) is 4.86. The maximum Gasteiger partial charge on any atom is 0.329 e. The monoisotopic (exact) mass is 388 g/mol. The van der Waals surface area contributed by atoms with Gasteiger partial charge < -0.3 is 4.98 Å². The molecule has 1 atom stereocenters. The largest absolute Gasteiger partial charge is 0.345 e. The van der Waals surface area contributed by atoms with Crippen LogP contribution in [0.3, 0.4) is 0 Å². The molecule has 4 aromatic rings. The van der Waals surface area contributed by atoms with Gasteiger partial charge in [0.15, 0.2) is 0 Å². The topological polar surface area (TPSA) is 122 Å². The lowest BCUT2D eigenvalue weighted by molar-refractivity contribution is -0.119. The molecule has 1 unspecified atom stereocenters. The first-order valence-electron chi connectivity index (χ1n) is 9.09. The Morgan fingerprint density at radius 1 is 1.10 bits per heavy atom. The molecule has 2 aromatic heterocycles. The Balaban J connectivity index is 1.50. The highest BCUT2D eigenvalue weighted by molar-refractivity contribution is 6.14. The molecule has 1 aliphatic rings. The second kappa shape index (κ2) is 6.51. The van der Waals surface area contributed by atoms with Crippen molar-refractivity contribution in [2.24, 2.45) is 0 Å². The van der Waals surface area contributed by atoms with Crippen LogP contribution in [-0.2, 0) is 11.3 Å². The fourth-order valence-corrected chi connectivity index (χ4v) is 3.42. The van der Waals surface area contributed by atoms with Crippen LogP contribution in [0.15, 0.2) is 48.8 Å². The summed E-state index contributed by atoms with van der Waals surface area (Å²) in [5, 5.41) is 14.7. The number of hydrogen-bond donors (Lipinski definition) is 2. The van der Waals surface area contributed by atoms with Crippen LogP contribution in [-0.4, -0.2) is 42.1 Å². The van der Waals surface area contributed by atoms with Crippen LogP contribution in [0, 0.1) is 0 Å². The second-order valence-corrected chi connectivity index (χ2v) is 6.59. The summed E-state index contributed by atoms with van der Waals surface area (Å²) in [5.74, 6) is 0.134. The van der Waals surface area contributed by atoms with Crippen molar-refractivity contribution in [3.8, 4) is 11.4 Å². The Hall–Kier alpha value is -4.08. The molecule has 10 nitrogen and oxygen atoms in total. The number of aryl methyl sites for hydroxylation is 1. The molecular formula is C19H16N8O2. The summed E-state index contributed by atoms with van der Waals surface area (Å²) in [6.07, 6.45) is 1.59. The molecule has 29 heavy (non-hydrogen) atoms. The number of tetrazole rings is 1. The molecule has 0 bridgehead atoms. The number of nitrogens with zero attached hydrogens (tertiary/aromatic N) is 6. The minimum atomic E-state index is -0.767. The average molecular weight is 388 g/mol. The molecule has 1 fully saturated rings. The zero-order chi connectivity index (χ0) is 20.0. The summed E-state index contributed by atoms with van der Waals surface area (Å²) in [4.78, 5) is 35.2. The number of benzene rings is 2. The minimum Gasteiger partial charge on any atom is -0.345 e. The number of urea groups is 1. The molecule has 2 N–H and O–H groups in total. The van der Waals surface area contributed by atoms with Crippen molar-refractivity contribution < 1.29 is 9.59 Å².